The van der Waals surface area contributed by atoms with Crippen molar-refractivity contribution < 1.29 is 19.4 Å². The molecular formula is C28H38O4. The highest BCUT2D eigenvalue weighted by Gasteiger charge is 2.32. The second-order valence-electron chi connectivity index (χ2n) is 9.32. The van der Waals surface area contributed by atoms with Crippen molar-refractivity contribution in [1.29, 1.82) is 0 Å². The van der Waals surface area contributed by atoms with Gasteiger partial charge in [0.05, 0.1) is 5.56 Å². The molecule has 1 aliphatic heterocycles. The average Bonchev–Trinajstić information content (AvgIpc) is 2.66. The fourth-order valence-electron chi connectivity index (χ4n) is 3.63. The van der Waals surface area contributed by atoms with Gasteiger partial charge in [-0.15, -0.1) is 0 Å². The molecule has 0 bridgehead atoms. The van der Waals surface area contributed by atoms with E-state index in [1.807, 2.05) is 19.1 Å². The van der Waals surface area contributed by atoms with E-state index in [9.17, 15) is 9.90 Å². The Bertz CT molecular complexity index is 954. The molecule has 0 aliphatic carbocycles. The van der Waals surface area contributed by atoms with Gasteiger partial charge in [-0.2, -0.15) is 0 Å². The number of ether oxygens (including phenoxy) is 2. The largest absolute Gasteiger partial charge is 0.507 e. The summed E-state index contributed by atoms with van der Waals surface area (Å²) in [4.78, 5) is 12.3. The first-order valence-electron chi connectivity index (χ1n) is 11.4. The molecule has 1 atom stereocenters. The number of carbonyl (C=O) groups excluding carboxylic acids is 1. The number of aromatic hydroxyl groups is 1. The van der Waals surface area contributed by atoms with Crippen LogP contribution in [0.5, 0.6) is 17.2 Å². The highest BCUT2D eigenvalue weighted by molar-refractivity contribution is 6.01. The Kier molecular flexibility index (Phi) is 8.94. The highest BCUT2D eigenvalue weighted by atomic mass is 16.5. The molecule has 0 radical (unpaired) electrons. The molecule has 0 saturated heterocycles. The lowest BCUT2D eigenvalue weighted by molar-refractivity contribution is 0.0983. The Morgan fingerprint density at radius 1 is 1.06 bits per heavy atom. The van der Waals surface area contributed by atoms with Crippen LogP contribution in [0.1, 0.15) is 90.1 Å². The van der Waals surface area contributed by atoms with Crippen LogP contribution >= 0.6 is 0 Å². The minimum atomic E-state index is -0.560. The Morgan fingerprint density at radius 3 is 2.34 bits per heavy atom. The van der Waals surface area contributed by atoms with E-state index in [2.05, 4.69) is 52.8 Å². The third-order valence-corrected chi connectivity index (χ3v) is 5.51. The first kappa shape index (κ1) is 25.5. The van der Waals surface area contributed by atoms with E-state index in [1.54, 1.807) is 0 Å². The topological polar surface area (TPSA) is 55.8 Å². The molecule has 32 heavy (non-hydrogen) atoms. The van der Waals surface area contributed by atoms with Crippen LogP contribution in [0.3, 0.4) is 0 Å². The molecule has 1 unspecified atom stereocenters. The van der Waals surface area contributed by atoms with Gasteiger partial charge in [0.1, 0.15) is 35.0 Å². The first-order chi connectivity index (χ1) is 15.0. The molecule has 0 aromatic heterocycles. The molecule has 2 rings (SSSR count). The van der Waals surface area contributed by atoms with Crippen LogP contribution in [-0.4, -0.2) is 23.1 Å². The fraction of sp³-hybridized carbons (Fsp3) is 0.464. The van der Waals surface area contributed by atoms with Gasteiger partial charge < -0.3 is 14.6 Å². The number of allylic oxidation sites excluding steroid dienone is 5. The highest BCUT2D eigenvalue weighted by Crippen LogP contribution is 2.45. The Balaban J connectivity index is 2.26. The van der Waals surface area contributed by atoms with Crippen molar-refractivity contribution in [2.24, 2.45) is 0 Å². The molecule has 1 heterocycles. The third kappa shape index (κ3) is 7.15. The van der Waals surface area contributed by atoms with Gasteiger partial charge in [-0.25, -0.2) is 0 Å². The van der Waals surface area contributed by atoms with Crippen molar-refractivity contribution in [3.05, 3.63) is 58.2 Å². The molecule has 4 heteroatoms. The number of hydrogen-bond acceptors (Lipinski definition) is 4. The van der Waals surface area contributed by atoms with Crippen molar-refractivity contribution in [2.45, 2.75) is 79.8 Å². The van der Waals surface area contributed by atoms with Crippen LogP contribution in [0, 0.1) is 0 Å². The molecule has 0 amide bonds. The average molecular weight is 439 g/mol. The van der Waals surface area contributed by atoms with Gasteiger partial charge in [-0.3, -0.25) is 4.79 Å². The van der Waals surface area contributed by atoms with Crippen molar-refractivity contribution in [1.82, 2.24) is 0 Å². The second-order valence-corrected chi connectivity index (χ2v) is 9.32. The number of rotatable bonds is 10. The summed E-state index contributed by atoms with van der Waals surface area (Å²) >= 11 is 0. The monoisotopic (exact) mass is 438 g/mol. The molecule has 4 nitrogen and oxygen atoms in total. The number of ketones is 1. The fourth-order valence-corrected chi connectivity index (χ4v) is 3.63. The second kappa shape index (κ2) is 11.2. The third-order valence-electron chi connectivity index (χ3n) is 5.51. The minimum Gasteiger partial charge on any atom is -0.507 e. The SMILES string of the molecule is CC(=O)c1c(O)cc(OC/C=C(\C)CCC=C(C)C)c2c1OC(C)(CCC=C(C)C)C=C2. The van der Waals surface area contributed by atoms with E-state index >= 15 is 0 Å². The van der Waals surface area contributed by atoms with Gasteiger partial charge in [0.2, 0.25) is 0 Å². The Morgan fingerprint density at radius 2 is 1.72 bits per heavy atom. The Hall–Kier alpha value is -2.75. The van der Waals surface area contributed by atoms with Gasteiger partial charge in [0.15, 0.2) is 5.78 Å². The maximum absolute atomic E-state index is 12.3. The molecule has 174 valence electrons. The first-order valence-corrected chi connectivity index (χ1v) is 11.4. The lowest BCUT2D eigenvalue weighted by Crippen LogP contribution is -2.32. The number of hydrogen-bond donors (Lipinski definition) is 1. The molecule has 1 N–H and O–H groups in total. The number of carbonyl (C=O) groups is 1. The van der Waals surface area contributed by atoms with Gasteiger partial charge in [0, 0.05) is 6.07 Å². The summed E-state index contributed by atoms with van der Waals surface area (Å²) in [6.45, 7) is 14.3. The van der Waals surface area contributed by atoms with Crippen molar-refractivity contribution in [2.75, 3.05) is 6.61 Å². The quantitative estimate of drug-likeness (QED) is 0.302. The van der Waals surface area contributed by atoms with Crippen LogP contribution in [0.4, 0.5) is 0 Å². The summed E-state index contributed by atoms with van der Waals surface area (Å²) in [5.74, 6) is 0.567. The van der Waals surface area contributed by atoms with Crippen LogP contribution in [0.25, 0.3) is 6.08 Å². The number of fused-ring (bicyclic) bond motifs is 1. The molecule has 1 aromatic carbocycles. The lowest BCUT2D eigenvalue weighted by atomic mass is 9.92. The minimum absolute atomic E-state index is 0.113. The van der Waals surface area contributed by atoms with Gasteiger partial charge in [-0.05, 0) is 92.4 Å². The van der Waals surface area contributed by atoms with Crippen LogP contribution in [0.2, 0.25) is 0 Å². The van der Waals surface area contributed by atoms with E-state index in [0.29, 0.717) is 23.7 Å². The maximum atomic E-state index is 12.3. The number of phenols is 1. The van der Waals surface area contributed by atoms with E-state index in [4.69, 9.17) is 9.47 Å². The summed E-state index contributed by atoms with van der Waals surface area (Å²) in [6.07, 6.45) is 14.0. The van der Waals surface area contributed by atoms with Gasteiger partial charge >= 0.3 is 0 Å². The smallest absolute Gasteiger partial charge is 0.167 e. The maximum Gasteiger partial charge on any atom is 0.167 e. The van der Waals surface area contributed by atoms with E-state index in [1.165, 1.54) is 29.7 Å². The van der Waals surface area contributed by atoms with Crippen LogP contribution < -0.4 is 9.47 Å². The zero-order valence-corrected chi connectivity index (χ0v) is 20.7. The van der Waals surface area contributed by atoms with Gasteiger partial charge in [-0.1, -0.05) is 28.9 Å². The molecule has 0 spiro atoms. The van der Waals surface area contributed by atoms with Crippen LogP contribution in [0.15, 0.2) is 47.1 Å². The molecule has 0 fully saturated rings. The lowest BCUT2D eigenvalue weighted by Gasteiger charge is -2.33. The predicted molar refractivity (Wildman–Crippen MR) is 133 cm³/mol. The van der Waals surface area contributed by atoms with Gasteiger partial charge in [0.25, 0.3) is 0 Å². The Labute approximate surface area is 193 Å². The molecule has 1 aromatic rings. The number of phenolic OH excluding ortho intramolecular Hbond substituents is 1. The summed E-state index contributed by atoms with van der Waals surface area (Å²) in [6, 6.07) is 1.52. The molecule has 1 aliphatic rings. The zero-order chi connectivity index (χ0) is 23.9. The molecular weight excluding hydrogens is 400 g/mol. The zero-order valence-electron chi connectivity index (χ0n) is 20.7. The normalized spacial score (nSPS) is 17.3. The van der Waals surface area contributed by atoms with Crippen LogP contribution in [-0.2, 0) is 0 Å². The number of benzene rings is 1. The summed E-state index contributed by atoms with van der Waals surface area (Å²) < 4.78 is 12.3. The van der Waals surface area contributed by atoms with Crippen molar-refractivity contribution in [3.8, 4) is 17.2 Å². The standard InChI is InChI=1S/C28H38O4/c1-19(2)10-8-12-21(5)14-17-31-25-18-24(30)26(22(6)29)27-23(25)13-16-28(7,32-27)15-9-11-20(3)4/h10-11,13-14,16,18,30H,8-9,12,15,17H2,1-7H3/b21-14+. The summed E-state index contributed by atoms with van der Waals surface area (Å²) in [5, 5.41) is 10.6. The predicted octanol–water partition coefficient (Wildman–Crippen LogP) is 7.58. The number of Topliss-reactive ketones (excluding diaryl/α,β-unsaturated/α-hetero) is 1. The van der Waals surface area contributed by atoms with Crippen molar-refractivity contribution >= 4 is 11.9 Å². The van der Waals surface area contributed by atoms with E-state index in [0.717, 1.165) is 25.7 Å². The van der Waals surface area contributed by atoms with E-state index in [-0.39, 0.29) is 17.1 Å². The molecule has 0 saturated carbocycles. The summed E-state index contributed by atoms with van der Waals surface area (Å²) in [5.41, 5.74) is 4.17. The van der Waals surface area contributed by atoms with E-state index < -0.39 is 5.60 Å². The summed E-state index contributed by atoms with van der Waals surface area (Å²) in [7, 11) is 0. The van der Waals surface area contributed by atoms with Crippen molar-refractivity contribution in [3.63, 3.8) is 0 Å².